The molecular weight excluding hydrogens is 367 g/mol. The lowest BCUT2D eigenvalue weighted by molar-refractivity contribution is -0.133. The van der Waals surface area contributed by atoms with E-state index >= 15 is 0 Å². The maximum Gasteiger partial charge on any atom is 0.339 e. The van der Waals surface area contributed by atoms with Gasteiger partial charge in [0.15, 0.2) is 9.84 Å². The largest absolute Gasteiger partial charge is 0.457 e. The molecule has 1 aliphatic heterocycles. The van der Waals surface area contributed by atoms with Gasteiger partial charge in [-0.25, -0.2) is 17.6 Å². The van der Waals surface area contributed by atoms with Gasteiger partial charge in [0.2, 0.25) is 0 Å². The van der Waals surface area contributed by atoms with E-state index in [-0.39, 0.29) is 17.1 Å². The van der Waals surface area contributed by atoms with Crippen LogP contribution in [0.15, 0.2) is 65.6 Å². The summed E-state index contributed by atoms with van der Waals surface area (Å²) in [6.07, 6.45) is 1.02. The van der Waals surface area contributed by atoms with Crippen molar-refractivity contribution in [1.82, 2.24) is 0 Å². The molecule has 1 heterocycles. The van der Waals surface area contributed by atoms with Crippen LogP contribution >= 0.6 is 0 Å². The summed E-state index contributed by atoms with van der Waals surface area (Å²) >= 11 is 0. The predicted molar refractivity (Wildman–Crippen MR) is 101 cm³/mol. The number of esters is 1. The van der Waals surface area contributed by atoms with Crippen molar-refractivity contribution in [3.05, 3.63) is 77.6 Å². The lowest BCUT2D eigenvalue weighted by Gasteiger charge is -2.09. The monoisotopic (exact) mass is 382 g/mol. The number of halogens is 1. The minimum Gasteiger partial charge on any atom is -0.457 e. The number of hydrogen-bond acceptors (Lipinski definition) is 4. The highest BCUT2D eigenvalue weighted by atomic mass is 32.2. The summed E-state index contributed by atoms with van der Waals surface area (Å²) in [6, 6.07) is 16.8. The van der Waals surface area contributed by atoms with Crippen LogP contribution in [0.5, 0.6) is 0 Å². The van der Waals surface area contributed by atoms with Gasteiger partial charge in [-0.15, -0.1) is 0 Å². The highest BCUT2D eigenvalue weighted by Crippen LogP contribution is 2.37. The Morgan fingerprint density at radius 1 is 0.963 bits per heavy atom. The Hall–Kier alpha value is -2.99. The highest BCUT2D eigenvalue weighted by Gasteiger charge is 2.30. The number of carbonyl (C=O) groups is 1. The van der Waals surface area contributed by atoms with Gasteiger partial charge in [-0.1, -0.05) is 48.5 Å². The van der Waals surface area contributed by atoms with Crippen LogP contribution in [0.1, 0.15) is 11.1 Å². The molecule has 0 amide bonds. The van der Waals surface area contributed by atoms with Crippen molar-refractivity contribution < 1.29 is 22.3 Å². The molecule has 0 spiro atoms. The van der Waals surface area contributed by atoms with Gasteiger partial charge in [-0.3, -0.25) is 0 Å². The third kappa shape index (κ3) is 3.02. The molecule has 3 aromatic rings. The van der Waals surface area contributed by atoms with E-state index in [0.29, 0.717) is 16.7 Å². The fraction of sp³-hybridized carbons (Fsp3) is 0.0952. The zero-order chi connectivity index (χ0) is 19.2. The molecule has 0 N–H and O–H groups in total. The molecule has 27 heavy (non-hydrogen) atoms. The summed E-state index contributed by atoms with van der Waals surface area (Å²) in [7, 11) is -3.53. The Morgan fingerprint density at radius 3 is 2.44 bits per heavy atom. The number of benzene rings is 3. The van der Waals surface area contributed by atoms with Crippen molar-refractivity contribution in [3.63, 3.8) is 0 Å². The van der Waals surface area contributed by atoms with E-state index in [1.165, 1.54) is 12.1 Å². The van der Waals surface area contributed by atoms with Crippen LogP contribution < -0.4 is 0 Å². The average Bonchev–Trinajstić information content (AvgIpc) is 3.01. The molecule has 0 saturated carbocycles. The molecule has 0 fully saturated rings. The van der Waals surface area contributed by atoms with E-state index in [1.807, 2.05) is 36.4 Å². The minimum absolute atomic E-state index is 0.0630. The molecule has 0 bridgehead atoms. The lowest BCUT2D eigenvalue weighted by atomic mass is 9.93. The van der Waals surface area contributed by atoms with E-state index in [0.717, 1.165) is 23.1 Å². The van der Waals surface area contributed by atoms with Gasteiger partial charge in [-0.05, 0) is 28.5 Å². The van der Waals surface area contributed by atoms with Crippen LogP contribution in [0.3, 0.4) is 0 Å². The normalized spacial score (nSPS) is 14.7. The third-order valence-corrected chi connectivity index (χ3v) is 5.72. The SMILES string of the molecule is CS(=O)(=O)c1ccc(C2=C(c3cccc4ccccc34)C(=O)OC2)c(F)c1. The molecule has 0 saturated heterocycles. The first-order valence-corrected chi connectivity index (χ1v) is 10.1. The average molecular weight is 382 g/mol. The molecule has 6 heteroatoms. The maximum atomic E-state index is 14.7. The first-order valence-electron chi connectivity index (χ1n) is 8.24. The van der Waals surface area contributed by atoms with Crippen LogP contribution in [-0.2, 0) is 19.4 Å². The predicted octanol–water partition coefficient (Wildman–Crippen LogP) is 3.85. The quantitative estimate of drug-likeness (QED) is 0.646. The van der Waals surface area contributed by atoms with Crippen LogP contribution in [0.4, 0.5) is 4.39 Å². The fourth-order valence-corrected chi connectivity index (χ4v) is 3.94. The van der Waals surface area contributed by atoms with Gasteiger partial charge in [-0.2, -0.15) is 0 Å². The van der Waals surface area contributed by atoms with E-state index < -0.39 is 21.6 Å². The molecule has 4 nitrogen and oxygen atoms in total. The minimum atomic E-state index is -3.53. The first kappa shape index (κ1) is 17.4. The molecule has 0 radical (unpaired) electrons. The van der Waals surface area contributed by atoms with Crippen LogP contribution in [-0.4, -0.2) is 27.2 Å². The summed E-state index contributed by atoms with van der Waals surface area (Å²) in [4.78, 5) is 12.3. The van der Waals surface area contributed by atoms with Crippen molar-refractivity contribution in [2.75, 3.05) is 12.9 Å². The molecule has 0 atom stereocenters. The number of carbonyl (C=O) groups excluding carboxylic acids is 1. The highest BCUT2D eigenvalue weighted by molar-refractivity contribution is 7.90. The van der Waals surface area contributed by atoms with E-state index in [2.05, 4.69) is 0 Å². The van der Waals surface area contributed by atoms with Crippen LogP contribution in [0, 0.1) is 5.82 Å². The van der Waals surface area contributed by atoms with E-state index in [1.54, 1.807) is 6.07 Å². The van der Waals surface area contributed by atoms with Crippen molar-refractivity contribution >= 4 is 37.7 Å². The van der Waals surface area contributed by atoms with E-state index in [9.17, 15) is 17.6 Å². The summed E-state index contributed by atoms with van der Waals surface area (Å²) in [5.41, 5.74) is 1.54. The second-order valence-corrected chi connectivity index (χ2v) is 8.39. The Balaban J connectivity index is 1.96. The Morgan fingerprint density at radius 2 is 1.70 bits per heavy atom. The number of cyclic esters (lactones) is 1. The maximum absolute atomic E-state index is 14.7. The standard InChI is InChI=1S/C21H15FO4S/c1-27(24,25)14-9-10-16(19(22)11-14)18-12-26-21(23)20(18)17-8-4-6-13-5-2-3-7-15(13)17/h2-11H,12H2,1H3. The zero-order valence-corrected chi connectivity index (χ0v) is 15.2. The smallest absolute Gasteiger partial charge is 0.339 e. The molecular formula is C21H15FO4S. The van der Waals surface area contributed by atoms with Crippen molar-refractivity contribution in [1.29, 1.82) is 0 Å². The number of rotatable bonds is 3. The van der Waals surface area contributed by atoms with E-state index in [4.69, 9.17) is 4.74 Å². The van der Waals surface area contributed by atoms with Gasteiger partial charge in [0.25, 0.3) is 0 Å². The number of fused-ring (bicyclic) bond motifs is 1. The van der Waals surface area contributed by atoms with Crippen molar-refractivity contribution in [3.8, 4) is 0 Å². The second kappa shape index (κ2) is 6.32. The zero-order valence-electron chi connectivity index (χ0n) is 14.4. The number of hydrogen-bond donors (Lipinski definition) is 0. The topological polar surface area (TPSA) is 60.4 Å². The lowest BCUT2D eigenvalue weighted by Crippen LogP contribution is -2.01. The van der Waals surface area contributed by atoms with Gasteiger partial charge in [0.1, 0.15) is 12.4 Å². The Kier molecular flexibility index (Phi) is 4.08. The molecule has 0 aromatic heterocycles. The molecule has 4 rings (SSSR count). The van der Waals surface area contributed by atoms with Gasteiger partial charge in [0, 0.05) is 17.4 Å². The number of ether oxygens (including phenoxy) is 1. The van der Waals surface area contributed by atoms with Crippen molar-refractivity contribution in [2.45, 2.75) is 4.90 Å². The molecule has 136 valence electrons. The molecule has 1 aliphatic rings. The fourth-order valence-electron chi connectivity index (χ4n) is 3.30. The Labute approximate surface area is 155 Å². The summed E-state index contributed by atoms with van der Waals surface area (Å²) in [5, 5.41) is 1.81. The van der Waals surface area contributed by atoms with Crippen molar-refractivity contribution in [2.24, 2.45) is 0 Å². The molecule has 0 aliphatic carbocycles. The van der Waals surface area contributed by atoms with Gasteiger partial charge in [0.05, 0.1) is 10.5 Å². The van der Waals surface area contributed by atoms with Crippen LogP contribution in [0.2, 0.25) is 0 Å². The molecule has 3 aromatic carbocycles. The molecule has 0 unspecified atom stereocenters. The van der Waals surface area contributed by atoms with Gasteiger partial charge < -0.3 is 4.74 Å². The third-order valence-electron chi connectivity index (χ3n) is 4.61. The Bertz CT molecular complexity index is 1220. The second-order valence-electron chi connectivity index (χ2n) is 6.37. The summed E-state index contributed by atoms with van der Waals surface area (Å²) < 4.78 is 43.2. The van der Waals surface area contributed by atoms with Crippen LogP contribution in [0.25, 0.3) is 21.9 Å². The first-order chi connectivity index (χ1) is 12.9. The number of sulfone groups is 1. The summed E-state index contributed by atoms with van der Waals surface area (Å²) in [5.74, 6) is -1.23. The summed E-state index contributed by atoms with van der Waals surface area (Å²) in [6.45, 7) is -0.0630. The van der Waals surface area contributed by atoms with Gasteiger partial charge >= 0.3 is 5.97 Å².